The number of aromatic nitrogens is 3. The van der Waals surface area contributed by atoms with Crippen LogP contribution >= 0.6 is 11.8 Å². The van der Waals surface area contributed by atoms with E-state index in [0.717, 1.165) is 0 Å². The van der Waals surface area contributed by atoms with Crippen LogP contribution < -0.4 is 5.32 Å². The molecule has 0 aliphatic rings. The number of thioether (sulfide) groups is 1. The predicted octanol–water partition coefficient (Wildman–Crippen LogP) is 4.59. The Bertz CT molecular complexity index is 1140. The monoisotopic (exact) mass is 453 g/mol. The fourth-order valence-electron chi connectivity index (χ4n) is 3.09. The van der Waals surface area contributed by atoms with Crippen molar-refractivity contribution in [3.05, 3.63) is 64.2 Å². The van der Waals surface area contributed by atoms with Crippen molar-refractivity contribution in [2.75, 3.05) is 5.32 Å². The number of nitrogens with zero attached hydrogens (tertiary/aromatic N) is 4. The molecule has 0 aliphatic heterocycles. The summed E-state index contributed by atoms with van der Waals surface area (Å²) in [7, 11) is 0. The maximum Gasteiger partial charge on any atom is 0.270 e. The molecule has 0 saturated carbocycles. The Kier molecular flexibility index (Phi) is 7.37. The van der Waals surface area contributed by atoms with Crippen molar-refractivity contribution in [1.82, 2.24) is 14.8 Å². The Hall–Kier alpha value is -3.53. The number of amides is 1. The number of nitrogens with one attached hydrogen (secondary N) is 1. The third-order valence-corrected chi connectivity index (χ3v) is 6.16. The summed E-state index contributed by atoms with van der Waals surface area (Å²) in [6.45, 7) is 5.86. The van der Waals surface area contributed by atoms with Gasteiger partial charge in [0.05, 0.1) is 10.2 Å². The number of carbonyl (C=O) groups excluding carboxylic acids is 2. The van der Waals surface area contributed by atoms with E-state index in [-0.39, 0.29) is 17.4 Å². The lowest BCUT2D eigenvalue weighted by molar-refractivity contribution is -0.384. The van der Waals surface area contributed by atoms with Gasteiger partial charge < -0.3 is 9.88 Å². The number of anilines is 1. The molecule has 3 aromatic rings. The van der Waals surface area contributed by atoms with E-state index in [1.807, 2.05) is 18.4 Å². The van der Waals surface area contributed by atoms with Crippen molar-refractivity contribution < 1.29 is 14.5 Å². The van der Waals surface area contributed by atoms with Gasteiger partial charge in [-0.3, -0.25) is 19.7 Å². The van der Waals surface area contributed by atoms with Crippen LogP contribution in [0.3, 0.4) is 0 Å². The second-order valence-electron chi connectivity index (χ2n) is 7.00. The minimum absolute atomic E-state index is 0.0241. The second kappa shape index (κ2) is 10.2. The van der Waals surface area contributed by atoms with E-state index in [2.05, 4.69) is 15.5 Å². The molecule has 2 aromatic carbocycles. The Morgan fingerprint density at radius 3 is 2.47 bits per heavy atom. The summed E-state index contributed by atoms with van der Waals surface area (Å²) >= 11 is 1.29. The normalized spacial score (nSPS) is 11.7. The third kappa shape index (κ3) is 5.20. The molecule has 0 saturated heterocycles. The van der Waals surface area contributed by atoms with Crippen LogP contribution in [0, 0.1) is 10.1 Å². The molecule has 1 atom stereocenters. The molecule has 1 amide bonds. The molecule has 0 radical (unpaired) electrons. The van der Waals surface area contributed by atoms with Crippen LogP contribution in [0.1, 0.15) is 37.6 Å². The summed E-state index contributed by atoms with van der Waals surface area (Å²) in [5.74, 6) is 0.285. The predicted molar refractivity (Wildman–Crippen MR) is 123 cm³/mol. The molecular weight excluding hydrogens is 430 g/mol. The number of nitro benzene ring substituents is 1. The largest absolute Gasteiger partial charge is 0.325 e. The first-order valence-electron chi connectivity index (χ1n) is 10.1. The number of ketones is 1. The lowest BCUT2D eigenvalue weighted by Gasteiger charge is -2.15. The molecule has 0 aliphatic carbocycles. The highest BCUT2D eigenvalue weighted by Crippen LogP contribution is 2.30. The first-order chi connectivity index (χ1) is 15.3. The fourth-order valence-corrected chi connectivity index (χ4v) is 4.11. The Balaban J connectivity index is 1.79. The molecule has 1 N–H and O–H groups in total. The number of hydrogen-bond acceptors (Lipinski definition) is 7. The average Bonchev–Trinajstić information content (AvgIpc) is 3.20. The molecule has 1 unspecified atom stereocenters. The molecule has 9 nitrogen and oxygen atoms in total. The third-order valence-electron chi connectivity index (χ3n) is 4.82. The Morgan fingerprint density at radius 2 is 1.88 bits per heavy atom. The van der Waals surface area contributed by atoms with E-state index in [4.69, 9.17) is 0 Å². The molecule has 32 heavy (non-hydrogen) atoms. The summed E-state index contributed by atoms with van der Waals surface area (Å²) in [6.07, 6.45) is 0.560. The highest BCUT2D eigenvalue weighted by atomic mass is 32.2. The van der Waals surface area contributed by atoms with E-state index in [0.29, 0.717) is 40.8 Å². The highest BCUT2D eigenvalue weighted by Gasteiger charge is 2.23. The second-order valence-corrected chi connectivity index (χ2v) is 8.17. The van der Waals surface area contributed by atoms with Gasteiger partial charge in [-0.05, 0) is 44.5 Å². The Morgan fingerprint density at radius 1 is 1.16 bits per heavy atom. The minimum atomic E-state index is -0.452. The molecule has 0 bridgehead atoms. The number of non-ortho nitro benzene ring substituents is 1. The summed E-state index contributed by atoms with van der Waals surface area (Å²) in [5.41, 5.74) is 1.75. The summed E-state index contributed by atoms with van der Waals surface area (Å²) < 4.78 is 1.83. The van der Waals surface area contributed by atoms with Gasteiger partial charge in [-0.25, -0.2) is 0 Å². The van der Waals surface area contributed by atoms with Crippen LogP contribution in [-0.4, -0.2) is 36.6 Å². The van der Waals surface area contributed by atoms with E-state index in [9.17, 15) is 19.7 Å². The smallest absolute Gasteiger partial charge is 0.270 e. The van der Waals surface area contributed by atoms with Gasteiger partial charge >= 0.3 is 0 Å². The zero-order valence-corrected chi connectivity index (χ0v) is 18.8. The average molecular weight is 454 g/mol. The fraction of sp³-hybridized carbons (Fsp3) is 0.273. The summed E-state index contributed by atoms with van der Waals surface area (Å²) in [5, 5.41) is 22.6. The van der Waals surface area contributed by atoms with Gasteiger partial charge in [0.15, 0.2) is 16.8 Å². The lowest BCUT2D eigenvalue weighted by Crippen LogP contribution is -2.25. The topological polar surface area (TPSA) is 120 Å². The van der Waals surface area contributed by atoms with Gasteiger partial charge in [0.1, 0.15) is 0 Å². The van der Waals surface area contributed by atoms with Gasteiger partial charge in [-0.1, -0.05) is 30.8 Å². The van der Waals surface area contributed by atoms with Gasteiger partial charge in [0.25, 0.3) is 5.69 Å². The van der Waals surface area contributed by atoms with Gasteiger partial charge in [-0.2, -0.15) is 0 Å². The van der Waals surface area contributed by atoms with Crippen molar-refractivity contribution >= 4 is 34.8 Å². The van der Waals surface area contributed by atoms with E-state index < -0.39 is 10.2 Å². The first-order valence-corrected chi connectivity index (χ1v) is 11.0. The summed E-state index contributed by atoms with van der Waals surface area (Å²) in [4.78, 5) is 34.9. The van der Waals surface area contributed by atoms with Crippen molar-refractivity contribution in [1.29, 1.82) is 0 Å². The molecular formula is C22H23N5O4S. The molecule has 0 fully saturated rings. The molecule has 1 heterocycles. The highest BCUT2D eigenvalue weighted by molar-refractivity contribution is 8.00. The zero-order chi connectivity index (χ0) is 23.3. The van der Waals surface area contributed by atoms with Gasteiger partial charge in [0.2, 0.25) is 5.91 Å². The van der Waals surface area contributed by atoms with Crippen molar-refractivity contribution in [2.45, 2.75) is 44.1 Å². The quantitative estimate of drug-likeness (QED) is 0.218. The van der Waals surface area contributed by atoms with Crippen LogP contribution in [0.15, 0.2) is 53.7 Å². The molecule has 0 spiro atoms. The number of nitro groups is 1. The first kappa shape index (κ1) is 23.1. The van der Waals surface area contributed by atoms with E-state index in [1.54, 1.807) is 36.4 Å². The standard InChI is InChI=1S/C22H23N5O4S/c1-4-19(21(29)23-17-11-9-15(10-12-17)14(3)28)32-22-25-24-20(26(22)5-2)16-7-6-8-18(13-16)27(30)31/h6-13,19H,4-5H2,1-3H3,(H,23,29). The van der Waals surface area contributed by atoms with Crippen molar-refractivity contribution in [3.8, 4) is 11.4 Å². The van der Waals surface area contributed by atoms with Crippen LogP contribution in [0.25, 0.3) is 11.4 Å². The maximum absolute atomic E-state index is 12.8. The summed E-state index contributed by atoms with van der Waals surface area (Å²) in [6, 6.07) is 13.0. The maximum atomic E-state index is 12.8. The molecule has 1 aromatic heterocycles. The van der Waals surface area contributed by atoms with E-state index in [1.165, 1.54) is 30.8 Å². The number of Topliss-reactive ketones (excluding diaryl/α,β-unsaturated/α-hetero) is 1. The Labute approximate surface area is 189 Å². The van der Waals surface area contributed by atoms with Gasteiger partial charge in [0, 0.05) is 35.5 Å². The molecule has 3 rings (SSSR count). The van der Waals surface area contributed by atoms with E-state index >= 15 is 0 Å². The zero-order valence-electron chi connectivity index (χ0n) is 17.9. The van der Waals surface area contributed by atoms with Crippen molar-refractivity contribution in [3.63, 3.8) is 0 Å². The molecule has 10 heteroatoms. The van der Waals surface area contributed by atoms with Crippen molar-refractivity contribution in [2.24, 2.45) is 0 Å². The number of benzene rings is 2. The number of hydrogen-bond donors (Lipinski definition) is 1. The molecule has 166 valence electrons. The minimum Gasteiger partial charge on any atom is -0.325 e. The number of carbonyl (C=O) groups is 2. The SMILES string of the molecule is CCC(Sc1nnc(-c2cccc([N+](=O)[O-])c2)n1CC)C(=O)Nc1ccc(C(C)=O)cc1. The number of rotatable bonds is 9. The van der Waals surface area contributed by atoms with Crippen LogP contribution in [0.2, 0.25) is 0 Å². The lowest BCUT2D eigenvalue weighted by atomic mass is 10.1. The van der Waals surface area contributed by atoms with Crippen LogP contribution in [0.4, 0.5) is 11.4 Å². The van der Waals surface area contributed by atoms with Gasteiger partial charge in [-0.15, -0.1) is 10.2 Å². The van der Waals surface area contributed by atoms with Crippen LogP contribution in [-0.2, 0) is 11.3 Å². The van der Waals surface area contributed by atoms with Crippen LogP contribution in [0.5, 0.6) is 0 Å².